The van der Waals surface area contributed by atoms with Gasteiger partial charge in [0.15, 0.2) is 0 Å². The van der Waals surface area contributed by atoms with Crippen LogP contribution < -0.4 is 25.5 Å². The van der Waals surface area contributed by atoms with Crippen LogP contribution in [0.2, 0.25) is 0 Å². The fourth-order valence-corrected chi connectivity index (χ4v) is 6.41. The fraction of sp³-hybridized carbons (Fsp3) is 0.0625. The summed E-state index contributed by atoms with van der Waals surface area (Å²) in [5, 5.41) is 0. The molecule has 188 valence electrons. The van der Waals surface area contributed by atoms with Crippen molar-refractivity contribution in [3.05, 3.63) is 123 Å². The zero-order valence-corrected chi connectivity index (χ0v) is 23.2. The topological polar surface area (TPSA) is 16.2 Å². The maximum atomic E-state index is 3.85. The molecule has 39 heavy (non-hydrogen) atoms. The molecule has 7 heteroatoms. The third-order valence-electron chi connectivity index (χ3n) is 8.21. The van der Waals surface area contributed by atoms with Crippen LogP contribution in [-0.2, 0) is 21.1 Å². The van der Waals surface area contributed by atoms with E-state index in [1.807, 2.05) is 0 Å². The van der Waals surface area contributed by atoms with Crippen molar-refractivity contribution in [1.29, 1.82) is 0 Å². The molecule has 0 N–H and O–H groups in total. The van der Waals surface area contributed by atoms with Gasteiger partial charge in [0.2, 0.25) is 0 Å². The molecule has 9 rings (SSSR count). The number of rotatable bonds is 0. The summed E-state index contributed by atoms with van der Waals surface area (Å²) in [6.45, 7) is 6.13. The molecule has 0 fully saturated rings. The zero-order valence-electron chi connectivity index (χ0n) is 20.9. The Labute approximate surface area is 243 Å². The van der Waals surface area contributed by atoms with Gasteiger partial charge in [-0.25, -0.2) is 0 Å². The molecule has 0 atom stereocenters. The van der Waals surface area contributed by atoms with E-state index >= 15 is 0 Å². The average Bonchev–Trinajstić information content (AvgIpc) is 3.65. The van der Waals surface area contributed by atoms with Crippen molar-refractivity contribution in [1.82, 2.24) is 9.80 Å². The van der Waals surface area contributed by atoms with E-state index in [1.165, 1.54) is 33.2 Å². The second kappa shape index (κ2) is 8.56. The normalized spacial score (nSPS) is 17.1. The summed E-state index contributed by atoms with van der Waals surface area (Å²) in [5.41, 5.74) is 11.8. The quantitative estimate of drug-likeness (QED) is 0.198. The molecule has 5 nitrogen and oxygen atoms in total. The van der Waals surface area contributed by atoms with E-state index in [2.05, 4.69) is 147 Å². The van der Waals surface area contributed by atoms with Crippen LogP contribution in [0.1, 0.15) is 0 Å². The number of hydrogen-bond donors (Lipinski definition) is 0. The van der Waals surface area contributed by atoms with E-state index in [4.69, 9.17) is 0 Å². The first kappa shape index (κ1) is 23.0. The molecular formula is C32H22BN5Pt. The van der Waals surface area contributed by atoms with E-state index < -0.39 is 0 Å². The Morgan fingerprint density at radius 1 is 0.564 bits per heavy atom. The van der Waals surface area contributed by atoms with Gasteiger partial charge in [-0.2, -0.15) is 25.5 Å². The Morgan fingerprint density at radius 2 is 1.05 bits per heavy atom. The van der Waals surface area contributed by atoms with Crippen molar-refractivity contribution in [2.45, 2.75) is 0 Å². The van der Waals surface area contributed by atoms with Crippen molar-refractivity contribution in [2.75, 3.05) is 27.7 Å². The molecule has 5 heterocycles. The third-order valence-corrected chi connectivity index (χ3v) is 8.21. The number of fused-ring (bicyclic) bond motifs is 14. The Hall–Kier alpha value is -3.89. The Kier molecular flexibility index (Phi) is 5.06. The second-order valence-corrected chi connectivity index (χ2v) is 10.3. The number of nitrogens with zero attached hydrogens (tertiary/aromatic N) is 5. The fourth-order valence-electron chi connectivity index (χ4n) is 6.41. The molecule has 0 amide bonds. The molecular weight excluding hydrogens is 660 g/mol. The molecule has 0 saturated heterocycles. The smallest absolute Gasteiger partial charge is 0.507 e. The van der Waals surface area contributed by atoms with Crippen LogP contribution in [0, 0.1) is 25.5 Å². The maximum absolute atomic E-state index is 3.85. The minimum atomic E-state index is 0. The summed E-state index contributed by atoms with van der Waals surface area (Å²) in [5.74, 6) is 0. The van der Waals surface area contributed by atoms with Crippen LogP contribution >= 0.6 is 0 Å². The summed E-state index contributed by atoms with van der Waals surface area (Å²) >= 11 is 0. The van der Waals surface area contributed by atoms with Crippen molar-refractivity contribution < 1.29 is 21.1 Å². The first-order valence-electron chi connectivity index (χ1n) is 13.1. The minimum absolute atomic E-state index is 0. The van der Waals surface area contributed by atoms with Crippen LogP contribution in [0.25, 0.3) is 22.3 Å². The van der Waals surface area contributed by atoms with Gasteiger partial charge in [-0.1, -0.05) is 82.0 Å². The first-order valence-corrected chi connectivity index (χ1v) is 13.1. The average molecular weight is 682 g/mol. The van der Waals surface area contributed by atoms with E-state index in [0.29, 0.717) is 0 Å². The van der Waals surface area contributed by atoms with Crippen LogP contribution in [-0.4, -0.2) is 29.7 Å². The number of anilines is 4. The maximum Gasteiger partial charge on any atom is 4.00 e. The SMILES string of the molecule is [Pt+4].[c-]1c2ccc3c1N1B(c4ccccc4-3)c3ccccc3-c3ccc([c-]c31)N1C=CN([CH-]1)CCN1C=CN2[CH-]1. The van der Waals surface area contributed by atoms with Crippen molar-refractivity contribution in [3.63, 3.8) is 0 Å². The molecule has 4 aromatic carbocycles. The zero-order chi connectivity index (χ0) is 24.8. The Morgan fingerprint density at radius 3 is 1.56 bits per heavy atom. The molecule has 5 aliphatic heterocycles. The van der Waals surface area contributed by atoms with E-state index in [1.54, 1.807) is 0 Å². The molecule has 0 spiro atoms. The van der Waals surface area contributed by atoms with Gasteiger partial charge in [0, 0.05) is 13.1 Å². The molecule has 5 aliphatic rings. The summed E-state index contributed by atoms with van der Waals surface area (Å²) in [7, 11) is 0. The third kappa shape index (κ3) is 3.31. The van der Waals surface area contributed by atoms with Gasteiger partial charge in [0.25, 0.3) is 0 Å². The molecule has 0 aliphatic carbocycles. The Bertz CT molecular complexity index is 1580. The standard InChI is InChI=1S/C32H22BN5.Pt/c1-3-7-29-25(5-1)27-11-9-23-19-31(27)38-32-20-24(10-12-28(32)26-6-2-4-8-30(26)33(29)38)37-18-16-35(22-37)14-13-34-15-17-36(23)21-34;/h1-12,15-18,21-22H,13-14H2;/q-4;+4. The van der Waals surface area contributed by atoms with Crippen LogP contribution in [0.4, 0.5) is 22.7 Å². The van der Waals surface area contributed by atoms with Crippen LogP contribution in [0.3, 0.4) is 0 Å². The van der Waals surface area contributed by atoms with Gasteiger partial charge in [-0.15, -0.1) is 46.8 Å². The summed E-state index contributed by atoms with van der Waals surface area (Å²) in [4.78, 5) is 11.3. The summed E-state index contributed by atoms with van der Waals surface area (Å²) in [6, 6.07) is 34.2. The molecule has 0 aromatic heterocycles. The van der Waals surface area contributed by atoms with Crippen LogP contribution in [0.5, 0.6) is 0 Å². The second-order valence-electron chi connectivity index (χ2n) is 10.3. The van der Waals surface area contributed by atoms with Crippen molar-refractivity contribution in [3.8, 4) is 22.3 Å². The van der Waals surface area contributed by atoms with E-state index in [-0.39, 0.29) is 27.9 Å². The predicted molar refractivity (Wildman–Crippen MR) is 154 cm³/mol. The van der Waals surface area contributed by atoms with Gasteiger partial charge >= 0.3 is 27.9 Å². The number of benzene rings is 4. The summed E-state index contributed by atoms with van der Waals surface area (Å²) < 4.78 is 0. The van der Waals surface area contributed by atoms with Gasteiger partial charge in [-0.3, -0.25) is 0 Å². The molecule has 8 bridgehead atoms. The minimum Gasteiger partial charge on any atom is -0.507 e. The van der Waals surface area contributed by atoms with Crippen molar-refractivity contribution in [2.24, 2.45) is 0 Å². The van der Waals surface area contributed by atoms with E-state index in [0.717, 1.165) is 35.8 Å². The van der Waals surface area contributed by atoms with Gasteiger partial charge < -0.3 is 24.4 Å². The first-order chi connectivity index (χ1) is 18.8. The summed E-state index contributed by atoms with van der Waals surface area (Å²) in [6.07, 6.45) is 8.52. The van der Waals surface area contributed by atoms with Crippen molar-refractivity contribution >= 4 is 40.5 Å². The molecule has 0 saturated carbocycles. The van der Waals surface area contributed by atoms with E-state index in [9.17, 15) is 0 Å². The Balaban J connectivity index is 0.00000235. The molecule has 4 aromatic rings. The van der Waals surface area contributed by atoms with Gasteiger partial charge in [-0.05, 0) is 24.8 Å². The predicted octanol–water partition coefficient (Wildman–Crippen LogP) is 4.63. The molecule has 0 unspecified atom stereocenters. The monoisotopic (exact) mass is 682 g/mol. The van der Waals surface area contributed by atoms with Gasteiger partial charge in [0.05, 0.1) is 0 Å². The van der Waals surface area contributed by atoms with Crippen LogP contribution in [0.15, 0.2) is 97.6 Å². The molecule has 0 radical (unpaired) electrons. The largest absolute Gasteiger partial charge is 4.00 e. The number of hydrogen-bond acceptors (Lipinski definition) is 5. The van der Waals surface area contributed by atoms with Gasteiger partial charge in [0.1, 0.15) is 0 Å².